The summed E-state index contributed by atoms with van der Waals surface area (Å²) in [6.45, 7) is 3.12. The standard InChI is InChI=1S/C15H16N2O3S2/c1-10(14(18)17-6-2-3-7-17)20-15(19)11-9-22-13(16-11)12-5-4-8-21-12/h4-5,8-10H,2-3,6-7H2,1H3/t10-/m0/s1. The molecule has 1 saturated heterocycles. The molecule has 0 aromatic carbocycles. The summed E-state index contributed by atoms with van der Waals surface area (Å²) >= 11 is 2.97. The van der Waals surface area contributed by atoms with E-state index in [1.165, 1.54) is 11.3 Å². The summed E-state index contributed by atoms with van der Waals surface area (Å²) in [6, 6.07) is 3.90. The van der Waals surface area contributed by atoms with Crippen molar-refractivity contribution in [2.75, 3.05) is 13.1 Å². The maximum atomic E-state index is 12.1. The molecule has 0 saturated carbocycles. The van der Waals surface area contributed by atoms with Crippen molar-refractivity contribution in [2.45, 2.75) is 25.9 Å². The first-order valence-corrected chi connectivity index (χ1v) is 8.90. The molecule has 1 amide bonds. The Hall–Kier alpha value is -1.73. The summed E-state index contributed by atoms with van der Waals surface area (Å²) in [5, 5.41) is 4.43. The molecule has 3 rings (SSSR count). The van der Waals surface area contributed by atoms with E-state index in [1.807, 2.05) is 17.5 Å². The molecule has 0 N–H and O–H groups in total. The topological polar surface area (TPSA) is 59.5 Å². The second-order valence-electron chi connectivity index (χ2n) is 5.10. The van der Waals surface area contributed by atoms with Gasteiger partial charge in [-0.25, -0.2) is 9.78 Å². The smallest absolute Gasteiger partial charge is 0.358 e. The average molecular weight is 336 g/mol. The van der Waals surface area contributed by atoms with Gasteiger partial charge in [-0.05, 0) is 31.2 Å². The quantitative estimate of drug-likeness (QED) is 0.805. The van der Waals surface area contributed by atoms with E-state index in [0.717, 1.165) is 35.8 Å². The van der Waals surface area contributed by atoms with E-state index in [-0.39, 0.29) is 11.6 Å². The zero-order valence-corrected chi connectivity index (χ0v) is 13.8. The van der Waals surface area contributed by atoms with E-state index >= 15 is 0 Å². The number of hydrogen-bond donors (Lipinski definition) is 0. The molecule has 116 valence electrons. The highest BCUT2D eigenvalue weighted by molar-refractivity contribution is 7.20. The number of amides is 1. The number of aromatic nitrogens is 1. The van der Waals surface area contributed by atoms with Gasteiger partial charge in [-0.15, -0.1) is 22.7 Å². The molecule has 3 heterocycles. The number of hydrogen-bond acceptors (Lipinski definition) is 6. The van der Waals surface area contributed by atoms with Gasteiger partial charge in [-0.3, -0.25) is 4.79 Å². The Morgan fingerprint density at radius 1 is 1.32 bits per heavy atom. The van der Waals surface area contributed by atoms with Crippen molar-refractivity contribution < 1.29 is 14.3 Å². The molecule has 0 bridgehead atoms. The highest BCUT2D eigenvalue weighted by Gasteiger charge is 2.27. The van der Waals surface area contributed by atoms with Crippen LogP contribution < -0.4 is 0 Å². The Kier molecular flexibility index (Phi) is 4.54. The van der Waals surface area contributed by atoms with Crippen molar-refractivity contribution in [3.05, 3.63) is 28.6 Å². The molecule has 0 unspecified atom stereocenters. The van der Waals surface area contributed by atoms with Crippen molar-refractivity contribution in [1.29, 1.82) is 0 Å². The zero-order chi connectivity index (χ0) is 15.5. The van der Waals surface area contributed by atoms with Crippen LogP contribution in [0.2, 0.25) is 0 Å². The van der Waals surface area contributed by atoms with Crippen LogP contribution in [0.25, 0.3) is 9.88 Å². The molecule has 0 radical (unpaired) electrons. The number of esters is 1. The maximum Gasteiger partial charge on any atom is 0.358 e. The van der Waals surface area contributed by atoms with Crippen molar-refractivity contribution in [3.63, 3.8) is 0 Å². The Morgan fingerprint density at radius 2 is 2.09 bits per heavy atom. The third-order valence-corrected chi connectivity index (χ3v) is 5.38. The van der Waals surface area contributed by atoms with Crippen LogP contribution in [0.1, 0.15) is 30.3 Å². The Morgan fingerprint density at radius 3 is 2.77 bits per heavy atom. The molecule has 5 nitrogen and oxygen atoms in total. The molecule has 2 aromatic heterocycles. The molecule has 1 aliphatic rings. The Bertz CT molecular complexity index is 660. The lowest BCUT2D eigenvalue weighted by molar-refractivity contribution is -0.138. The van der Waals surface area contributed by atoms with Gasteiger partial charge in [-0.2, -0.15) is 0 Å². The summed E-state index contributed by atoms with van der Waals surface area (Å²) in [4.78, 5) is 31.3. The lowest BCUT2D eigenvalue weighted by Gasteiger charge is -2.19. The minimum atomic E-state index is -0.766. The second kappa shape index (κ2) is 6.58. The number of rotatable bonds is 4. The molecule has 1 aliphatic heterocycles. The van der Waals surface area contributed by atoms with Gasteiger partial charge >= 0.3 is 5.97 Å². The van der Waals surface area contributed by atoms with E-state index in [2.05, 4.69) is 4.98 Å². The fourth-order valence-electron chi connectivity index (χ4n) is 2.35. The Labute approximate surface area is 136 Å². The predicted octanol–water partition coefficient (Wildman–Crippen LogP) is 3.04. The van der Waals surface area contributed by atoms with Gasteiger partial charge in [0.1, 0.15) is 5.01 Å². The van der Waals surface area contributed by atoms with E-state index in [9.17, 15) is 9.59 Å². The number of thiophene rings is 1. The van der Waals surface area contributed by atoms with E-state index in [4.69, 9.17) is 4.74 Å². The first-order valence-electron chi connectivity index (χ1n) is 7.14. The Balaban J connectivity index is 1.63. The van der Waals surface area contributed by atoms with Crippen molar-refractivity contribution >= 4 is 34.6 Å². The van der Waals surface area contributed by atoms with Crippen molar-refractivity contribution in [1.82, 2.24) is 9.88 Å². The lowest BCUT2D eigenvalue weighted by Crippen LogP contribution is -2.38. The van der Waals surface area contributed by atoms with Crippen LogP contribution in [0.4, 0.5) is 0 Å². The van der Waals surface area contributed by atoms with Gasteiger partial charge in [-0.1, -0.05) is 6.07 Å². The van der Waals surface area contributed by atoms with Crippen LogP contribution in [0.5, 0.6) is 0 Å². The van der Waals surface area contributed by atoms with E-state index < -0.39 is 12.1 Å². The fraction of sp³-hybridized carbons (Fsp3) is 0.400. The predicted molar refractivity (Wildman–Crippen MR) is 86.1 cm³/mol. The number of carbonyl (C=O) groups is 2. The largest absolute Gasteiger partial charge is 0.448 e. The maximum absolute atomic E-state index is 12.1. The third kappa shape index (κ3) is 3.20. The number of carbonyl (C=O) groups excluding carboxylic acids is 2. The van der Waals surface area contributed by atoms with E-state index in [1.54, 1.807) is 28.5 Å². The molecular formula is C15H16N2O3S2. The third-order valence-electron chi connectivity index (χ3n) is 3.49. The molecule has 0 spiro atoms. The highest BCUT2D eigenvalue weighted by Crippen LogP contribution is 2.28. The van der Waals surface area contributed by atoms with Crippen LogP contribution in [-0.4, -0.2) is 41.0 Å². The zero-order valence-electron chi connectivity index (χ0n) is 12.2. The first kappa shape index (κ1) is 15.2. The number of likely N-dealkylation sites (tertiary alicyclic amines) is 1. The normalized spacial score (nSPS) is 15.8. The molecule has 0 aliphatic carbocycles. The van der Waals surface area contributed by atoms with Crippen LogP contribution in [0.15, 0.2) is 22.9 Å². The minimum absolute atomic E-state index is 0.125. The van der Waals surface area contributed by atoms with Gasteiger partial charge in [0.15, 0.2) is 11.8 Å². The van der Waals surface area contributed by atoms with Gasteiger partial charge in [0, 0.05) is 18.5 Å². The first-order chi connectivity index (χ1) is 10.6. The van der Waals surface area contributed by atoms with Crippen LogP contribution >= 0.6 is 22.7 Å². The number of nitrogens with zero attached hydrogens (tertiary/aromatic N) is 2. The van der Waals surface area contributed by atoms with Crippen molar-refractivity contribution in [2.24, 2.45) is 0 Å². The molecule has 2 aromatic rings. The van der Waals surface area contributed by atoms with Crippen molar-refractivity contribution in [3.8, 4) is 9.88 Å². The number of ether oxygens (including phenoxy) is 1. The molecule has 22 heavy (non-hydrogen) atoms. The number of thiazole rings is 1. The summed E-state index contributed by atoms with van der Waals surface area (Å²) in [6.07, 6.45) is 1.27. The summed E-state index contributed by atoms with van der Waals surface area (Å²) in [5.41, 5.74) is 0.259. The monoisotopic (exact) mass is 336 g/mol. The van der Waals surface area contributed by atoms with Crippen LogP contribution in [-0.2, 0) is 9.53 Å². The van der Waals surface area contributed by atoms with Gasteiger partial charge < -0.3 is 9.64 Å². The molecule has 7 heteroatoms. The summed E-state index contributed by atoms with van der Waals surface area (Å²) < 4.78 is 5.26. The fourth-order valence-corrected chi connectivity index (χ4v) is 3.95. The lowest BCUT2D eigenvalue weighted by atomic mass is 10.3. The highest BCUT2D eigenvalue weighted by atomic mass is 32.1. The minimum Gasteiger partial charge on any atom is -0.448 e. The second-order valence-corrected chi connectivity index (χ2v) is 6.90. The van der Waals surface area contributed by atoms with E-state index in [0.29, 0.717) is 0 Å². The molecule has 1 atom stereocenters. The van der Waals surface area contributed by atoms with Gasteiger partial charge in [0.2, 0.25) is 0 Å². The molecular weight excluding hydrogens is 320 g/mol. The SMILES string of the molecule is C[C@H](OC(=O)c1csc(-c2cccs2)n1)C(=O)N1CCCC1. The van der Waals surface area contributed by atoms with Crippen LogP contribution in [0, 0.1) is 0 Å². The molecule has 1 fully saturated rings. The summed E-state index contributed by atoms with van der Waals surface area (Å²) in [7, 11) is 0. The van der Waals surface area contributed by atoms with Gasteiger partial charge in [0.25, 0.3) is 5.91 Å². The van der Waals surface area contributed by atoms with Gasteiger partial charge in [0.05, 0.1) is 4.88 Å². The van der Waals surface area contributed by atoms with Crippen LogP contribution in [0.3, 0.4) is 0 Å². The summed E-state index contributed by atoms with van der Waals surface area (Å²) in [5.74, 6) is -0.668. The average Bonchev–Trinajstić information content (AvgIpc) is 3.26.